The van der Waals surface area contributed by atoms with Gasteiger partial charge in [0.25, 0.3) is 0 Å². The molecule has 11 nitrogen and oxygen atoms in total. The van der Waals surface area contributed by atoms with E-state index in [0.717, 1.165) is 58.3 Å². The van der Waals surface area contributed by atoms with E-state index in [2.05, 4.69) is 284 Å². The van der Waals surface area contributed by atoms with Crippen molar-refractivity contribution in [3.05, 3.63) is 214 Å². The molecule has 608 valence electrons. The Labute approximate surface area is 689 Å². The monoisotopic (exact) mass is 1650 g/mol. The van der Waals surface area contributed by atoms with Gasteiger partial charge in [-0.2, -0.15) is 4.39 Å². The number of thiazole rings is 4. The predicted molar refractivity (Wildman–Crippen MR) is 471 cm³/mol. The second kappa shape index (κ2) is 43.1. The fourth-order valence-electron chi connectivity index (χ4n) is 8.17. The summed E-state index contributed by atoms with van der Waals surface area (Å²) in [5.41, 5.74) is 7.05. The minimum Gasteiger partial charge on any atom is -0.364 e. The summed E-state index contributed by atoms with van der Waals surface area (Å²) in [7, 11) is 2.02. The molecule has 11 heterocycles. The van der Waals surface area contributed by atoms with Crippen LogP contribution in [0.3, 0.4) is 0 Å². The average molecular weight is 1650 g/mol. The van der Waals surface area contributed by atoms with Crippen LogP contribution in [0, 0.1) is 44.5 Å². The van der Waals surface area contributed by atoms with Crippen LogP contribution in [0.2, 0.25) is 4.34 Å². The highest BCUT2D eigenvalue weighted by Gasteiger charge is 2.24. The van der Waals surface area contributed by atoms with Crippen molar-refractivity contribution in [3.8, 4) is 0 Å². The highest BCUT2D eigenvalue weighted by Crippen LogP contribution is 2.34. The van der Waals surface area contributed by atoms with Crippen LogP contribution in [0.5, 0.6) is 0 Å². The lowest BCUT2D eigenvalue weighted by molar-refractivity contribution is 0.375. The van der Waals surface area contributed by atoms with Gasteiger partial charge in [-0.25, -0.2) is 33.7 Å². The van der Waals surface area contributed by atoms with Crippen LogP contribution in [-0.2, 0) is 66.6 Å². The lowest BCUT2D eigenvalue weighted by atomic mass is 9.91. The number of halogens is 4. The van der Waals surface area contributed by atoms with Crippen LogP contribution in [0.4, 0.5) is 13.2 Å². The van der Waals surface area contributed by atoms with Gasteiger partial charge in [-0.3, -0.25) is 4.98 Å². The average Bonchev–Trinajstić information content (AvgIpc) is 1.70. The number of hydrogen-bond acceptors (Lipinski definition) is 17. The zero-order valence-corrected chi connectivity index (χ0v) is 79.7. The van der Waals surface area contributed by atoms with Gasteiger partial charge in [0.1, 0.15) is 33.8 Å². The molecule has 0 saturated heterocycles. The van der Waals surface area contributed by atoms with E-state index in [9.17, 15) is 13.2 Å². The molecule has 0 saturated carbocycles. The molecular weight excluding hydrogens is 1520 g/mol. The third-order valence-electron chi connectivity index (χ3n) is 14.4. The van der Waals surface area contributed by atoms with E-state index in [1.165, 1.54) is 71.6 Å². The van der Waals surface area contributed by atoms with Crippen molar-refractivity contribution < 1.29 is 22.2 Å². The summed E-state index contributed by atoms with van der Waals surface area (Å²) in [6.07, 6.45) is 12.8. The Bertz CT molecular complexity index is 3760. The summed E-state index contributed by atoms with van der Waals surface area (Å²) in [6, 6.07) is 14.5. The molecule has 0 aliphatic heterocycles. The van der Waals surface area contributed by atoms with E-state index in [1.807, 2.05) is 96.2 Å². The molecule has 0 aliphatic carbocycles. The molecule has 22 heteroatoms. The van der Waals surface area contributed by atoms with E-state index in [1.54, 1.807) is 74.6 Å². The van der Waals surface area contributed by atoms with E-state index >= 15 is 0 Å². The molecule has 11 rings (SSSR count). The maximum absolute atomic E-state index is 12.9. The van der Waals surface area contributed by atoms with E-state index in [0.29, 0.717) is 0 Å². The summed E-state index contributed by atoms with van der Waals surface area (Å²) in [6.45, 7) is 78.3. The first kappa shape index (κ1) is 101. The Kier molecular flexibility index (Phi) is 40.1. The van der Waals surface area contributed by atoms with Crippen LogP contribution in [0.15, 0.2) is 123 Å². The van der Waals surface area contributed by atoms with Crippen LogP contribution < -0.4 is 0 Å². The molecular formula is C87H133ClF3N9O2S7. The largest absolute Gasteiger partial charge is 0.364 e. The van der Waals surface area contributed by atoms with Gasteiger partial charge in [0.2, 0.25) is 0 Å². The molecule has 109 heavy (non-hydrogen) atoms. The highest BCUT2D eigenvalue weighted by atomic mass is 35.5. The van der Waals surface area contributed by atoms with Crippen molar-refractivity contribution >= 4 is 91.0 Å². The maximum atomic E-state index is 12.9. The van der Waals surface area contributed by atoms with Crippen LogP contribution >= 0.6 is 91.0 Å². The number of nitrogens with zero attached hydrogens (tertiary/aromatic N) is 9. The zero-order chi connectivity index (χ0) is 84.5. The van der Waals surface area contributed by atoms with Gasteiger partial charge in [-0.05, 0) is 85.2 Å². The van der Waals surface area contributed by atoms with Crippen LogP contribution in [0.25, 0.3) is 0 Å². The molecule has 0 spiro atoms. The first-order valence-corrected chi connectivity index (χ1v) is 43.0. The first-order valence-electron chi connectivity index (χ1n) is 36.6. The molecule has 0 aromatic carbocycles. The minimum atomic E-state index is -0.116. The van der Waals surface area contributed by atoms with Gasteiger partial charge in [0.15, 0.2) is 5.13 Å². The van der Waals surface area contributed by atoms with Crippen LogP contribution in [-0.4, -0.2) is 44.8 Å². The lowest BCUT2D eigenvalue weighted by Crippen LogP contribution is -2.16. The molecule has 0 unspecified atom stereocenters. The number of pyridine rings is 1. The molecule has 11 aromatic heterocycles. The summed E-state index contributed by atoms with van der Waals surface area (Å²) in [5, 5.41) is 19.8. The molecule has 0 atom stereocenters. The Morgan fingerprint density at radius 2 is 0.954 bits per heavy atom. The third kappa shape index (κ3) is 41.2. The molecule has 0 aliphatic rings. The van der Waals surface area contributed by atoms with Gasteiger partial charge >= 0.3 is 0 Å². The number of rotatable bonds is 0. The van der Waals surface area contributed by atoms with E-state index < -0.39 is 0 Å². The highest BCUT2D eigenvalue weighted by molar-refractivity contribution is 7.16. The normalized spacial score (nSPS) is 11.9. The molecule has 0 fully saturated rings. The van der Waals surface area contributed by atoms with Gasteiger partial charge < -0.3 is 13.6 Å². The SMILES string of the molecule is CC(C)(C)c1cc(F)cs1.CC(C)(C)c1ccc(F)s1.CC(C)(C)c1ccon1.CC(C)(C)c1ncc(Cl)s1.CC(C)(C)c1nccs1.CC(C)(C)c1sccc1F.Cc1cc(C(C)(C)C)no1.Cc1ccc(C(C)(C)C)nc1.Cc1cnc(C(C)(C)C)s1.Cc1csc(C(C)(C)C)n1.Cn1ccnc1C(C)(C)C. The van der Waals surface area contributed by atoms with Gasteiger partial charge in [0, 0.05) is 141 Å². The van der Waals surface area contributed by atoms with E-state index in [-0.39, 0.29) is 76.3 Å². The fraction of sp³-hybridized carbons (Fsp3) is 0.563. The van der Waals surface area contributed by atoms with Crippen molar-refractivity contribution in [1.82, 2.24) is 44.8 Å². The van der Waals surface area contributed by atoms with Crippen molar-refractivity contribution in [1.29, 1.82) is 0 Å². The Morgan fingerprint density at radius 1 is 0.413 bits per heavy atom. The van der Waals surface area contributed by atoms with E-state index in [4.69, 9.17) is 20.6 Å². The van der Waals surface area contributed by atoms with Gasteiger partial charge in [-0.1, -0.05) is 256 Å². The Morgan fingerprint density at radius 3 is 1.17 bits per heavy atom. The molecule has 0 radical (unpaired) electrons. The number of imidazole rings is 1. The maximum Gasteiger partial charge on any atom is 0.176 e. The molecule has 0 bridgehead atoms. The number of aryl methyl sites for hydroxylation is 5. The van der Waals surface area contributed by atoms with Crippen molar-refractivity contribution in [3.63, 3.8) is 0 Å². The molecule has 0 N–H and O–H groups in total. The first-order chi connectivity index (χ1) is 49.2. The smallest absolute Gasteiger partial charge is 0.176 e. The Balaban J connectivity index is 0.000000600. The summed E-state index contributed by atoms with van der Waals surface area (Å²) >= 11 is 16.7. The topological polar surface area (TPSA) is 134 Å². The fourth-order valence-corrected chi connectivity index (χ4v) is 14.1. The summed E-state index contributed by atoms with van der Waals surface area (Å²) < 4.78 is 50.3. The second-order valence-corrected chi connectivity index (χ2v) is 45.3. The Hall–Kier alpha value is -5.52. The van der Waals surface area contributed by atoms with Crippen molar-refractivity contribution in [2.24, 2.45) is 7.05 Å². The van der Waals surface area contributed by atoms with Gasteiger partial charge in [-0.15, -0.1) is 79.4 Å². The predicted octanol–water partition coefficient (Wildman–Crippen LogP) is 29.2. The minimum absolute atomic E-state index is 0.0434. The molecule has 0 amide bonds. The number of aromatic nitrogens is 9. The zero-order valence-electron chi connectivity index (χ0n) is 73.2. The number of thiophene rings is 3. The summed E-state index contributed by atoms with van der Waals surface area (Å²) in [5.74, 6) is 1.82. The van der Waals surface area contributed by atoms with Crippen molar-refractivity contribution in [2.75, 3.05) is 0 Å². The number of hydrogen-bond donors (Lipinski definition) is 0. The lowest BCUT2D eigenvalue weighted by Gasteiger charge is -2.17. The molecule has 11 aromatic rings. The summed E-state index contributed by atoms with van der Waals surface area (Å²) in [4.78, 5) is 30.0. The third-order valence-corrected chi connectivity index (χ3v) is 23.8. The van der Waals surface area contributed by atoms with Gasteiger partial charge in [0.05, 0.1) is 37.6 Å². The standard InChI is InChI=1S/C10H15N.3C8H11FS.C8H14N2.C8H13NO.2C8H13NS.C7H10ClNS.C7H11NO.C7H11NS/c1-8-5-6-9(11-7-8)10(2,3)4;1-8(2,3)7-4-6(9)5-10-7;1-8(2,3)7-6(9)4-5-10-7;1-8(2,3)6-4-5-7(9)10-6;1-8(2,3)7-9-5-6-10(7)4;1-6-5-7(9-10-6)8(2,3)4;1-6-5-10-7(9-6)8(2,3)4;1-6-5-9-7(10-6)8(2,3)4;1-7(2,3)6-9-4-5(8)10-6;1-7(2,3)6-4-5-9-8-6;1-7(2,3)6-8-4-5-9-6/h5-7H,1-4H3;3*4-5H,1-3H3;5-6H,1-4H3;3*5H,1-4H3;4H,1-3H3;2*4-5H,1-3H3. The van der Waals surface area contributed by atoms with Crippen molar-refractivity contribution in [2.45, 2.75) is 316 Å². The van der Waals surface area contributed by atoms with Crippen LogP contribution in [0.1, 0.15) is 308 Å². The quantitative estimate of drug-likeness (QED) is 0.144. The second-order valence-electron chi connectivity index (χ2n) is 37.7.